The molecule has 0 saturated heterocycles. The minimum atomic E-state index is 0.109. The van der Waals surface area contributed by atoms with E-state index in [1.54, 1.807) is 0 Å². The zero-order chi connectivity index (χ0) is 14.6. The molecule has 0 heterocycles. The van der Waals surface area contributed by atoms with Crippen LogP contribution >= 0.6 is 0 Å². The van der Waals surface area contributed by atoms with Gasteiger partial charge in [0.1, 0.15) is 0 Å². The van der Waals surface area contributed by atoms with Crippen LogP contribution in [0.4, 0.5) is 0 Å². The highest BCUT2D eigenvalue weighted by atomic mass is 16.5. The number of unbranched alkanes of at least 4 members (excludes halogenated alkanes) is 5. The monoisotopic (exact) mass is 266 g/mol. The lowest BCUT2D eigenvalue weighted by atomic mass is 9.97. The molecule has 0 amide bonds. The summed E-state index contributed by atoms with van der Waals surface area (Å²) in [4.78, 5) is 0. The van der Waals surface area contributed by atoms with E-state index in [1.807, 2.05) is 0 Å². The SMILES string of the molecule is CCCCCCCCOC(CC)CC#CC(C)(C)C. The maximum absolute atomic E-state index is 5.91. The van der Waals surface area contributed by atoms with Gasteiger partial charge in [-0.05, 0) is 33.6 Å². The molecule has 112 valence electrons. The van der Waals surface area contributed by atoms with Crippen LogP contribution < -0.4 is 0 Å². The largest absolute Gasteiger partial charge is 0.377 e. The highest BCUT2D eigenvalue weighted by Gasteiger charge is 2.06. The Morgan fingerprint density at radius 1 is 0.947 bits per heavy atom. The van der Waals surface area contributed by atoms with Crippen LogP contribution in [0.15, 0.2) is 0 Å². The van der Waals surface area contributed by atoms with E-state index in [-0.39, 0.29) is 5.41 Å². The van der Waals surface area contributed by atoms with E-state index in [2.05, 4.69) is 46.5 Å². The number of rotatable bonds is 10. The van der Waals surface area contributed by atoms with Crippen molar-refractivity contribution in [3.05, 3.63) is 0 Å². The van der Waals surface area contributed by atoms with Gasteiger partial charge >= 0.3 is 0 Å². The van der Waals surface area contributed by atoms with Gasteiger partial charge in [-0.1, -0.05) is 51.9 Å². The summed E-state index contributed by atoms with van der Waals surface area (Å²) in [5.41, 5.74) is 0.109. The first kappa shape index (κ1) is 18.5. The molecule has 1 unspecified atom stereocenters. The number of hydrogen-bond donors (Lipinski definition) is 0. The second kappa shape index (κ2) is 11.4. The molecule has 0 bridgehead atoms. The van der Waals surface area contributed by atoms with Crippen LogP contribution in [0.3, 0.4) is 0 Å². The Kier molecular flexibility index (Phi) is 11.1. The summed E-state index contributed by atoms with van der Waals surface area (Å²) in [7, 11) is 0. The molecule has 1 atom stereocenters. The van der Waals surface area contributed by atoms with Gasteiger partial charge in [-0.2, -0.15) is 0 Å². The molecule has 0 spiro atoms. The van der Waals surface area contributed by atoms with E-state index in [1.165, 1.54) is 38.5 Å². The van der Waals surface area contributed by atoms with Crippen molar-refractivity contribution < 1.29 is 4.74 Å². The van der Waals surface area contributed by atoms with Gasteiger partial charge in [-0.15, -0.1) is 5.92 Å². The number of hydrogen-bond acceptors (Lipinski definition) is 1. The predicted molar refractivity (Wildman–Crippen MR) is 85.3 cm³/mol. The first-order chi connectivity index (χ1) is 8.99. The van der Waals surface area contributed by atoms with Crippen LogP contribution in [0.5, 0.6) is 0 Å². The van der Waals surface area contributed by atoms with Crippen molar-refractivity contribution in [3.8, 4) is 11.8 Å². The molecule has 0 rings (SSSR count). The summed E-state index contributed by atoms with van der Waals surface area (Å²) in [5.74, 6) is 6.55. The highest BCUT2D eigenvalue weighted by Crippen LogP contribution is 2.11. The predicted octanol–water partition coefficient (Wildman–Crippen LogP) is 5.58. The van der Waals surface area contributed by atoms with Crippen LogP contribution in [0.1, 0.15) is 86.0 Å². The van der Waals surface area contributed by atoms with E-state index >= 15 is 0 Å². The van der Waals surface area contributed by atoms with Crippen molar-refractivity contribution in [3.63, 3.8) is 0 Å². The molecule has 0 aromatic heterocycles. The van der Waals surface area contributed by atoms with Crippen molar-refractivity contribution in [2.75, 3.05) is 6.61 Å². The van der Waals surface area contributed by atoms with Crippen LogP contribution in [-0.2, 0) is 4.74 Å². The van der Waals surface area contributed by atoms with E-state index in [0.717, 1.165) is 19.4 Å². The first-order valence-corrected chi connectivity index (χ1v) is 8.11. The Hall–Kier alpha value is -0.480. The van der Waals surface area contributed by atoms with Gasteiger partial charge in [0.2, 0.25) is 0 Å². The van der Waals surface area contributed by atoms with Gasteiger partial charge in [0.25, 0.3) is 0 Å². The van der Waals surface area contributed by atoms with Crippen molar-refractivity contribution in [2.24, 2.45) is 5.41 Å². The molecule has 0 fully saturated rings. The lowest BCUT2D eigenvalue weighted by Gasteiger charge is -2.14. The third-order valence-electron chi connectivity index (χ3n) is 3.10. The molecule has 1 heteroatoms. The third kappa shape index (κ3) is 13.7. The van der Waals surface area contributed by atoms with Gasteiger partial charge in [-0.25, -0.2) is 0 Å². The Morgan fingerprint density at radius 2 is 1.58 bits per heavy atom. The van der Waals surface area contributed by atoms with Gasteiger partial charge in [0.05, 0.1) is 6.10 Å². The molecular weight excluding hydrogens is 232 g/mol. The quantitative estimate of drug-likeness (QED) is 0.370. The van der Waals surface area contributed by atoms with Crippen molar-refractivity contribution in [2.45, 2.75) is 92.1 Å². The number of ether oxygens (including phenoxy) is 1. The van der Waals surface area contributed by atoms with Crippen LogP contribution in [0, 0.1) is 17.3 Å². The fourth-order valence-electron chi connectivity index (χ4n) is 1.88. The minimum absolute atomic E-state index is 0.109. The van der Waals surface area contributed by atoms with Gasteiger partial charge in [0.15, 0.2) is 0 Å². The van der Waals surface area contributed by atoms with E-state index < -0.39 is 0 Å². The average molecular weight is 266 g/mol. The molecule has 19 heavy (non-hydrogen) atoms. The van der Waals surface area contributed by atoms with Crippen molar-refractivity contribution in [1.82, 2.24) is 0 Å². The Morgan fingerprint density at radius 3 is 2.16 bits per heavy atom. The summed E-state index contributed by atoms with van der Waals surface area (Å²) in [5, 5.41) is 0. The maximum atomic E-state index is 5.91. The molecule has 0 aliphatic heterocycles. The lowest BCUT2D eigenvalue weighted by Crippen LogP contribution is -2.12. The highest BCUT2D eigenvalue weighted by molar-refractivity contribution is 5.07. The smallest absolute Gasteiger partial charge is 0.0681 e. The molecule has 0 aliphatic carbocycles. The summed E-state index contributed by atoms with van der Waals surface area (Å²) >= 11 is 0. The summed E-state index contributed by atoms with van der Waals surface area (Å²) in [6.45, 7) is 11.8. The van der Waals surface area contributed by atoms with Gasteiger partial charge in [0, 0.05) is 18.4 Å². The molecule has 0 aliphatic rings. The average Bonchev–Trinajstić information content (AvgIpc) is 2.34. The normalized spacial score (nSPS) is 12.9. The second-order valence-electron chi connectivity index (χ2n) is 6.42. The molecule has 0 radical (unpaired) electrons. The summed E-state index contributed by atoms with van der Waals surface area (Å²) in [6.07, 6.45) is 10.2. The molecule has 0 aromatic rings. The molecular formula is C18H34O. The van der Waals surface area contributed by atoms with Crippen molar-refractivity contribution >= 4 is 0 Å². The summed E-state index contributed by atoms with van der Waals surface area (Å²) in [6, 6.07) is 0. The Labute approximate surface area is 121 Å². The fourth-order valence-corrected chi connectivity index (χ4v) is 1.88. The van der Waals surface area contributed by atoms with Crippen molar-refractivity contribution in [1.29, 1.82) is 0 Å². The third-order valence-corrected chi connectivity index (χ3v) is 3.10. The lowest BCUT2D eigenvalue weighted by molar-refractivity contribution is 0.0515. The van der Waals surface area contributed by atoms with Crippen LogP contribution in [0.25, 0.3) is 0 Å². The van der Waals surface area contributed by atoms with E-state index in [4.69, 9.17) is 4.74 Å². The van der Waals surface area contributed by atoms with Gasteiger partial charge < -0.3 is 4.74 Å². The molecule has 0 N–H and O–H groups in total. The molecule has 0 aromatic carbocycles. The molecule has 0 saturated carbocycles. The molecule has 1 nitrogen and oxygen atoms in total. The van der Waals surface area contributed by atoms with Crippen LogP contribution in [-0.4, -0.2) is 12.7 Å². The maximum Gasteiger partial charge on any atom is 0.0681 e. The Balaban J connectivity index is 3.62. The zero-order valence-electron chi connectivity index (χ0n) is 13.8. The standard InChI is InChI=1S/C18H34O/c1-6-8-9-10-11-12-16-19-17(7-2)14-13-15-18(3,4)5/h17H,6-12,14,16H2,1-5H3. The minimum Gasteiger partial charge on any atom is -0.377 e. The first-order valence-electron chi connectivity index (χ1n) is 8.11. The topological polar surface area (TPSA) is 9.23 Å². The second-order valence-corrected chi connectivity index (χ2v) is 6.42. The summed E-state index contributed by atoms with van der Waals surface area (Å²) < 4.78 is 5.91. The van der Waals surface area contributed by atoms with E-state index in [0.29, 0.717) is 6.10 Å². The fraction of sp³-hybridized carbons (Fsp3) is 0.889. The van der Waals surface area contributed by atoms with Gasteiger partial charge in [-0.3, -0.25) is 0 Å². The van der Waals surface area contributed by atoms with Crippen LogP contribution in [0.2, 0.25) is 0 Å². The zero-order valence-corrected chi connectivity index (χ0v) is 13.8. The Bertz CT molecular complexity index is 251. The van der Waals surface area contributed by atoms with E-state index in [9.17, 15) is 0 Å².